The van der Waals surface area contributed by atoms with Crippen molar-refractivity contribution in [3.05, 3.63) is 41.4 Å². The van der Waals surface area contributed by atoms with E-state index in [4.69, 9.17) is 4.42 Å². The molecule has 0 spiro atoms. The normalized spacial score (nSPS) is 11.8. The Hall–Kier alpha value is -2.87. The zero-order chi connectivity index (χ0) is 21.2. The van der Waals surface area contributed by atoms with Crippen LogP contribution in [0.5, 0.6) is 0 Å². The maximum atomic E-state index is 13.6. The molecule has 0 aliphatic rings. The number of alkyl halides is 2. The first kappa shape index (κ1) is 20.9. The lowest BCUT2D eigenvalue weighted by Gasteiger charge is -2.21. The van der Waals surface area contributed by atoms with E-state index >= 15 is 0 Å². The molecule has 0 aliphatic carbocycles. The van der Waals surface area contributed by atoms with Crippen LogP contribution in [0.3, 0.4) is 0 Å². The Kier molecular flexibility index (Phi) is 5.93. The highest BCUT2D eigenvalue weighted by Crippen LogP contribution is 2.30. The van der Waals surface area contributed by atoms with Gasteiger partial charge in [-0.3, -0.25) is 14.1 Å². The van der Waals surface area contributed by atoms with E-state index in [9.17, 15) is 26.4 Å². The van der Waals surface area contributed by atoms with Crippen LogP contribution in [0.4, 0.5) is 18.9 Å². The molecule has 0 saturated carbocycles. The molecule has 0 N–H and O–H groups in total. The van der Waals surface area contributed by atoms with Gasteiger partial charge < -0.3 is 4.42 Å². The van der Waals surface area contributed by atoms with Gasteiger partial charge in [-0.1, -0.05) is 6.92 Å². The van der Waals surface area contributed by atoms with Crippen molar-refractivity contribution in [2.45, 2.75) is 26.3 Å². The van der Waals surface area contributed by atoms with Crippen molar-refractivity contribution < 1.29 is 30.8 Å². The summed E-state index contributed by atoms with van der Waals surface area (Å²) in [6.07, 6.45) is -0.0226. The Morgan fingerprint density at radius 1 is 1.28 bits per heavy atom. The van der Waals surface area contributed by atoms with Crippen molar-refractivity contribution in [3.8, 4) is 10.8 Å². The molecular formula is C15H12F3N5O4S2. The fourth-order valence-electron chi connectivity index (χ4n) is 2.18. The monoisotopic (exact) mass is 447 g/mol. The molecule has 3 aromatic rings. The number of hydrogen-bond acceptors (Lipinski definition) is 9. The summed E-state index contributed by atoms with van der Waals surface area (Å²) < 4.78 is 69.5. The summed E-state index contributed by atoms with van der Waals surface area (Å²) in [6, 6.07) is 0.912. The Balaban J connectivity index is 1.94. The minimum Gasteiger partial charge on any atom is -0.414 e. The van der Waals surface area contributed by atoms with Gasteiger partial charge in [-0.05, 0) is 0 Å². The Morgan fingerprint density at radius 3 is 2.66 bits per heavy atom. The van der Waals surface area contributed by atoms with E-state index in [1.807, 2.05) is 0 Å². The van der Waals surface area contributed by atoms with Crippen molar-refractivity contribution in [3.63, 3.8) is 0 Å². The number of nitrogens with zero attached hydrogens (tertiary/aromatic N) is 5. The highest BCUT2D eigenvalue weighted by atomic mass is 32.2. The molecule has 0 bridgehead atoms. The van der Waals surface area contributed by atoms with Crippen LogP contribution in [0.15, 0.2) is 29.1 Å². The molecule has 0 saturated heterocycles. The van der Waals surface area contributed by atoms with Gasteiger partial charge in [-0.25, -0.2) is 9.37 Å². The van der Waals surface area contributed by atoms with Gasteiger partial charge in [0.15, 0.2) is 0 Å². The first-order chi connectivity index (χ1) is 13.7. The van der Waals surface area contributed by atoms with Gasteiger partial charge in [0.25, 0.3) is 26.9 Å². The first-order valence-corrected chi connectivity index (χ1v) is 10.2. The van der Waals surface area contributed by atoms with Gasteiger partial charge in [0.05, 0.1) is 30.8 Å². The smallest absolute Gasteiger partial charge is 0.314 e. The summed E-state index contributed by atoms with van der Waals surface area (Å²) in [5, 5.41) is 5.80. The molecule has 0 aliphatic heterocycles. The quantitative estimate of drug-likeness (QED) is 0.542. The summed E-state index contributed by atoms with van der Waals surface area (Å²) in [5.74, 6) is -1.87. The van der Waals surface area contributed by atoms with E-state index in [2.05, 4.69) is 20.2 Å². The van der Waals surface area contributed by atoms with Crippen LogP contribution in [-0.4, -0.2) is 33.7 Å². The van der Waals surface area contributed by atoms with E-state index in [1.54, 1.807) is 0 Å². The van der Waals surface area contributed by atoms with Crippen LogP contribution >= 0.6 is 11.3 Å². The Bertz CT molecular complexity index is 1130. The number of aromatic nitrogens is 4. The van der Waals surface area contributed by atoms with E-state index < -0.39 is 39.8 Å². The average Bonchev–Trinajstić information content (AvgIpc) is 3.34. The highest BCUT2D eigenvalue weighted by Gasteiger charge is 2.31. The van der Waals surface area contributed by atoms with Crippen molar-refractivity contribution in [2.24, 2.45) is 0 Å². The van der Waals surface area contributed by atoms with E-state index in [0.717, 1.165) is 29.8 Å². The Morgan fingerprint density at radius 2 is 2.03 bits per heavy atom. The zero-order valence-electron chi connectivity index (χ0n) is 14.6. The molecule has 0 aromatic carbocycles. The second-order valence-electron chi connectivity index (χ2n) is 5.46. The molecule has 14 heteroatoms. The van der Waals surface area contributed by atoms with Gasteiger partial charge in [0.1, 0.15) is 15.7 Å². The SMILES string of the molecule is CCC(=O)S(=O)(=O)N(Cc1ncc(-c2nnc(C(F)F)o2)s1)c1cncc(F)c1. The lowest BCUT2D eigenvalue weighted by atomic mass is 10.4. The maximum absolute atomic E-state index is 13.6. The van der Waals surface area contributed by atoms with Crippen molar-refractivity contribution >= 4 is 32.2 Å². The van der Waals surface area contributed by atoms with E-state index in [-0.39, 0.29) is 27.9 Å². The molecule has 29 heavy (non-hydrogen) atoms. The predicted molar refractivity (Wildman–Crippen MR) is 95.0 cm³/mol. The summed E-state index contributed by atoms with van der Waals surface area (Å²) in [4.78, 5) is 19.8. The van der Waals surface area contributed by atoms with Gasteiger partial charge >= 0.3 is 6.43 Å². The van der Waals surface area contributed by atoms with Crippen LogP contribution in [0.1, 0.15) is 30.7 Å². The van der Waals surface area contributed by atoms with Crippen LogP contribution < -0.4 is 4.31 Å². The summed E-state index contributed by atoms with van der Waals surface area (Å²) >= 11 is 0.890. The molecule has 9 nitrogen and oxygen atoms in total. The molecule has 154 valence electrons. The number of thiazole rings is 1. The number of anilines is 1. The Labute approximate surface area is 166 Å². The van der Waals surface area contributed by atoms with Crippen molar-refractivity contribution in [1.29, 1.82) is 0 Å². The van der Waals surface area contributed by atoms with Gasteiger partial charge in [-0.2, -0.15) is 17.2 Å². The average molecular weight is 447 g/mol. The minimum atomic E-state index is -4.48. The van der Waals surface area contributed by atoms with Gasteiger partial charge in [-0.15, -0.1) is 21.5 Å². The molecule has 0 amide bonds. The van der Waals surface area contributed by atoms with Crippen molar-refractivity contribution in [1.82, 2.24) is 20.2 Å². The molecule has 0 unspecified atom stereocenters. The third-order valence-electron chi connectivity index (χ3n) is 3.52. The maximum Gasteiger partial charge on any atom is 0.314 e. The van der Waals surface area contributed by atoms with E-state index in [1.165, 1.54) is 13.1 Å². The molecular weight excluding hydrogens is 435 g/mol. The first-order valence-electron chi connectivity index (χ1n) is 7.95. The topological polar surface area (TPSA) is 119 Å². The standard InChI is InChI=1S/C15H12F3N5O4S2/c1-2-12(24)29(25,26)23(9-3-8(16)4-19-5-9)7-11-20-6-10(28-11)14-21-22-15(27-14)13(17)18/h3-6,13H,2,7H2,1H3. The number of carbonyl (C=O) groups excluding carboxylic acids is 1. The van der Waals surface area contributed by atoms with Crippen LogP contribution in [-0.2, 0) is 21.4 Å². The van der Waals surface area contributed by atoms with Gasteiger partial charge in [0, 0.05) is 12.5 Å². The van der Waals surface area contributed by atoms with Crippen molar-refractivity contribution in [2.75, 3.05) is 4.31 Å². The summed E-state index contributed by atoms with van der Waals surface area (Å²) in [7, 11) is -4.48. The third kappa shape index (κ3) is 4.42. The lowest BCUT2D eigenvalue weighted by molar-refractivity contribution is -0.111. The number of carbonyl (C=O) groups is 1. The lowest BCUT2D eigenvalue weighted by Crippen LogP contribution is -2.35. The largest absolute Gasteiger partial charge is 0.414 e. The molecule has 3 aromatic heterocycles. The highest BCUT2D eigenvalue weighted by molar-refractivity contribution is 8.07. The molecule has 0 radical (unpaired) electrons. The number of rotatable bonds is 7. The summed E-state index contributed by atoms with van der Waals surface area (Å²) in [6.45, 7) is 0.958. The zero-order valence-corrected chi connectivity index (χ0v) is 16.3. The molecule has 3 rings (SSSR count). The number of sulfonamides is 1. The minimum absolute atomic E-state index is 0.165. The predicted octanol–water partition coefficient (Wildman–Crippen LogP) is 2.94. The van der Waals surface area contributed by atoms with Crippen LogP contribution in [0.2, 0.25) is 0 Å². The van der Waals surface area contributed by atoms with Crippen LogP contribution in [0, 0.1) is 5.82 Å². The second-order valence-corrected chi connectivity index (χ2v) is 8.42. The fourth-order valence-corrected chi connectivity index (χ4v) is 4.37. The molecule has 0 fully saturated rings. The van der Waals surface area contributed by atoms with E-state index in [0.29, 0.717) is 4.31 Å². The molecule has 3 heterocycles. The van der Waals surface area contributed by atoms with Gasteiger partial charge in [0.2, 0.25) is 0 Å². The fraction of sp³-hybridized carbons (Fsp3) is 0.267. The third-order valence-corrected chi connectivity index (χ3v) is 6.27. The summed E-state index contributed by atoms with van der Waals surface area (Å²) in [5.41, 5.74) is -0.165. The van der Waals surface area contributed by atoms with Crippen LogP contribution in [0.25, 0.3) is 10.8 Å². The number of hydrogen-bond donors (Lipinski definition) is 0. The number of pyridine rings is 1. The second kappa shape index (κ2) is 8.24. The number of halogens is 3. The molecule has 0 atom stereocenters.